The van der Waals surface area contributed by atoms with Crippen LogP contribution in [0.25, 0.3) is 0 Å². The predicted molar refractivity (Wildman–Crippen MR) is 140 cm³/mol. The third-order valence-corrected chi connectivity index (χ3v) is 13.6. The zero-order chi connectivity index (χ0) is 24.0. The quantitative estimate of drug-likeness (QED) is 0.416. The lowest BCUT2D eigenvalue weighted by Crippen LogP contribution is -2.66. The summed E-state index contributed by atoms with van der Waals surface area (Å²) >= 11 is 0. The number of rotatable bonds is 2. The summed E-state index contributed by atoms with van der Waals surface area (Å²) in [5, 5.41) is 10.9. The molecule has 186 valence electrons. The number of fused-ring (bicyclic) bond motifs is 7. The van der Waals surface area contributed by atoms with Gasteiger partial charge in [0.05, 0.1) is 6.10 Å². The Morgan fingerprint density at radius 2 is 1.55 bits per heavy atom. The molecule has 0 radical (unpaired) electrons. The molecular weight excluding hydrogens is 400 g/mol. The van der Waals surface area contributed by atoms with Crippen LogP contribution in [0.1, 0.15) is 113 Å². The van der Waals surface area contributed by atoms with Crippen molar-refractivity contribution in [3.63, 3.8) is 0 Å². The molecule has 1 heteroatoms. The highest BCUT2D eigenvalue weighted by atomic mass is 16.3. The van der Waals surface area contributed by atoms with E-state index in [0.717, 1.165) is 24.2 Å². The van der Waals surface area contributed by atoms with Crippen LogP contribution in [-0.4, -0.2) is 11.2 Å². The highest BCUT2D eigenvalue weighted by molar-refractivity contribution is 5.24. The van der Waals surface area contributed by atoms with Gasteiger partial charge < -0.3 is 5.11 Å². The van der Waals surface area contributed by atoms with E-state index in [-0.39, 0.29) is 11.5 Å². The van der Waals surface area contributed by atoms with Crippen LogP contribution in [0, 0.1) is 56.7 Å². The van der Waals surface area contributed by atoms with Gasteiger partial charge in [-0.15, -0.1) is 0 Å². The van der Waals surface area contributed by atoms with E-state index in [1.165, 1.54) is 63.4 Å². The molecule has 4 unspecified atom stereocenters. The van der Waals surface area contributed by atoms with Crippen LogP contribution in [0.2, 0.25) is 0 Å². The van der Waals surface area contributed by atoms with Crippen molar-refractivity contribution >= 4 is 0 Å². The molecule has 0 spiro atoms. The lowest BCUT2D eigenvalue weighted by molar-refractivity contribution is -0.244. The second-order valence-electron chi connectivity index (χ2n) is 14.8. The first-order valence-electron chi connectivity index (χ1n) is 14.3. The number of hydrogen-bond acceptors (Lipinski definition) is 1. The maximum absolute atomic E-state index is 10.9. The van der Waals surface area contributed by atoms with Gasteiger partial charge in [0, 0.05) is 0 Å². The summed E-state index contributed by atoms with van der Waals surface area (Å²) in [5.74, 6) is 3.79. The third kappa shape index (κ3) is 2.93. The zero-order valence-electron chi connectivity index (χ0n) is 22.8. The van der Waals surface area contributed by atoms with E-state index in [9.17, 15) is 5.11 Å². The maximum atomic E-state index is 10.9. The van der Waals surface area contributed by atoms with E-state index in [1.54, 1.807) is 0 Å². The molecule has 0 aromatic heterocycles. The lowest BCUT2D eigenvalue weighted by atomic mass is 9.32. The zero-order valence-corrected chi connectivity index (χ0v) is 22.8. The van der Waals surface area contributed by atoms with Gasteiger partial charge in [-0.3, -0.25) is 0 Å². The molecule has 5 saturated carbocycles. The van der Waals surface area contributed by atoms with Gasteiger partial charge in [-0.05, 0) is 135 Å². The van der Waals surface area contributed by atoms with Crippen molar-refractivity contribution in [1.82, 2.24) is 0 Å². The van der Waals surface area contributed by atoms with Gasteiger partial charge in [0.15, 0.2) is 0 Å². The molecule has 5 fully saturated rings. The Morgan fingerprint density at radius 3 is 2.21 bits per heavy atom. The molecule has 1 nitrogen and oxygen atoms in total. The van der Waals surface area contributed by atoms with Gasteiger partial charge in [0.25, 0.3) is 0 Å². The van der Waals surface area contributed by atoms with Crippen LogP contribution in [0.15, 0.2) is 24.3 Å². The van der Waals surface area contributed by atoms with Gasteiger partial charge in [-0.25, -0.2) is 0 Å². The van der Waals surface area contributed by atoms with Gasteiger partial charge in [0.1, 0.15) is 0 Å². The SMILES string of the molecule is C=C(C)[C@@H]1CC[C@]2(/C=C/C)CC[C@]3(C)C(CCC4[C@@]5(C)CC[C@H](O)C(C)(C)C5CC[C@]43C)C12. The van der Waals surface area contributed by atoms with E-state index >= 15 is 0 Å². The Morgan fingerprint density at radius 1 is 0.818 bits per heavy atom. The summed E-state index contributed by atoms with van der Waals surface area (Å²) in [7, 11) is 0. The molecule has 0 amide bonds. The average molecular weight is 453 g/mol. The molecule has 5 aliphatic rings. The Labute approximate surface area is 204 Å². The summed E-state index contributed by atoms with van der Waals surface area (Å²) in [6, 6.07) is 0. The van der Waals surface area contributed by atoms with Crippen LogP contribution in [-0.2, 0) is 0 Å². The van der Waals surface area contributed by atoms with E-state index in [4.69, 9.17) is 0 Å². The van der Waals surface area contributed by atoms with Crippen molar-refractivity contribution < 1.29 is 5.11 Å². The molecule has 0 aliphatic heterocycles. The second kappa shape index (κ2) is 7.47. The molecule has 0 aromatic rings. The normalized spacial score (nSPS) is 55.4. The first kappa shape index (κ1) is 24.1. The van der Waals surface area contributed by atoms with Crippen molar-refractivity contribution in [2.24, 2.45) is 56.7 Å². The fraction of sp³-hybridized carbons (Fsp3) is 0.875. The molecular formula is C32H52O. The van der Waals surface area contributed by atoms with Gasteiger partial charge >= 0.3 is 0 Å². The number of aliphatic hydroxyl groups is 1. The standard InChI is InChI=1S/C32H52O/c1-9-15-32-18-12-22(21(2)3)27(32)23-10-11-25-29(6)16-14-26(33)28(4,5)24(29)13-17-31(25,8)30(23,7)19-20-32/h9,15,22-27,33H,2,10-14,16-20H2,1,3-8H3/b15-9+/t22-,23?,24?,25?,26-,27?,29-,30+,31+,32+/m0/s1. The summed E-state index contributed by atoms with van der Waals surface area (Å²) < 4.78 is 0. The molecule has 1 N–H and O–H groups in total. The van der Waals surface area contributed by atoms with Gasteiger partial charge in [-0.1, -0.05) is 58.9 Å². The average Bonchev–Trinajstić information content (AvgIpc) is 3.12. The molecule has 5 aliphatic carbocycles. The van der Waals surface area contributed by atoms with E-state index in [0.29, 0.717) is 33.5 Å². The molecule has 0 saturated heterocycles. The summed E-state index contributed by atoms with van der Waals surface area (Å²) in [5.41, 5.74) is 3.15. The van der Waals surface area contributed by atoms with E-state index in [2.05, 4.69) is 67.2 Å². The van der Waals surface area contributed by atoms with Gasteiger partial charge in [-0.2, -0.15) is 0 Å². The van der Waals surface area contributed by atoms with Crippen LogP contribution >= 0.6 is 0 Å². The molecule has 0 heterocycles. The van der Waals surface area contributed by atoms with E-state index < -0.39 is 0 Å². The van der Waals surface area contributed by atoms with Crippen molar-refractivity contribution in [3.8, 4) is 0 Å². The maximum Gasteiger partial charge on any atom is 0.0594 e. The van der Waals surface area contributed by atoms with Crippen molar-refractivity contribution in [3.05, 3.63) is 24.3 Å². The highest BCUT2D eigenvalue weighted by Gasteiger charge is 2.70. The minimum atomic E-state index is -0.127. The number of aliphatic hydroxyl groups excluding tert-OH is 1. The highest BCUT2D eigenvalue weighted by Crippen LogP contribution is 2.77. The minimum absolute atomic E-state index is 0.0518. The van der Waals surface area contributed by atoms with Crippen molar-refractivity contribution in [2.75, 3.05) is 0 Å². The monoisotopic (exact) mass is 452 g/mol. The lowest BCUT2D eigenvalue weighted by Gasteiger charge is -2.73. The molecule has 33 heavy (non-hydrogen) atoms. The Hall–Kier alpha value is -0.560. The van der Waals surface area contributed by atoms with Gasteiger partial charge in [0.2, 0.25) is 0 Å². The molecule has 10 atom stereocenters. The Balaban J connectivity index is 1.56. The predicted octanol–water partition coefficient (Wildman–Crippen LogP) is 8.58. The van der Waals surface area contributed by atoms with Crippen LogP contribution in [0.5, 0.6) is 0 Å². The first-order chi connectivity index (χ1) is 15.4. The minimum Gasteiger partial charge on any atom is -0.393 e. The van der Waals surface area contributed by atoms with Crippen LogP contribution in [0.4, 0.5) is 0 Å². The summed E-state index contributed by atoms with van der Waals surface area (Å²) in [4.78, 5) is 0. The summed E-state index contributed by atoms with van der Waals surface area (Å²) in [6.45, 7) is 21.9. The van der Waals surface area contributed by atoms with Crippen LogP contribution in [0.3, 0.4) is 0 Å². The number of allylic oxidation sites excluding steroid dienone is 3. The van der Waals surface area contributed by atoms with Crippen molar-refractivity contribution in [1.29, 1.82) is 0 Å². The largest absolute Gasteiger partial charge is 0.393 e. The van der Waals surface area contributed by atoms with Crippen LogP contribution < -0.4 is 0 Å². The smallest absolute Gasteiger partial charge is 0.0594 e. The molecule has 0 bridgehead atoms. The fourth-order valence-electron chi connectivity index (χ4n) is 11.8. The summed E-state index contributed by atoms with van der Waals surface area (Å²) in [6.07, 6.45) is 18.1. The second-order valence-corrected chi connectivity index (χ2v) is 14.8. The van der Waals surface area contributed by atoms with Crippen molar-refractivity contribution in [2.45, 2.75) is 119 Å². The number of hydrogen-bond donors (Lipinski definition) is 1. The Bertz CT molecular complexity index is 837. The first-order valence-corrected chi connectivity index (χ1v) is 14.3. The third-order valence-electron chi connectivity index (χ3n) is 13.6. The fourth-order valence-corrected chi connectivity index (χ4v) is 11.8. The Kier molecular flexibility index (Phi) is 5.47. The van der Waals surface area contributed by atoms with E-state index in [1.807, 2.05) is 0 Å². The molecule has 5 rings (SSSR count). The molecule has 0 aromatic carbocycles. The topological polar surface area (TPSA) is 20.2 Å².